The third kappa shape index (κ3) is 46.2. The van der Waals surface area contributed by atoms with Gasteiger partial charge in [0.1, 0.15) is 0 Å². The summed E-state index contributed by atoms with van der Waals surface area (Å²) in [5, 5.41) is 3.76. The fraction of sp³-hybridized carbons (Fsp3) is 1.00. The van der Waals surface area contributed by atoms with Gasteiger partial charge in [-0.05, 0) is 51.9 Å². The Morgan fingerprint density at radius 1 is 0.242 bits per heavy atom. The molecule has 0 aromatic rings. The van der Waals surface area contributed by atoms with Crippen LogP contribution in [0.1, 0.15) is 304 Å². The van der Waals surface area contributed by atoms with E-state index in [-0.39, 0.29) is 0 Å². The van der Waals surface area contributed by atoms with Crippen LogP contribution in [0.5, 0.6) is 0 Å². The van der Waals surface area contributed by atoms with Crippen molar-refractivity contribution in [3.63, 3.8) is 0 Å². The summed E-state index contributed by atoms with van der Waals surface area (Å²) in [4.78, 5) is 11.4. The van der Waals surface area contributed by atoms with Crippen molar-refractivity contribution >= 4 is 0 Å². The molecular formula is C61H127N5. The van der Waals surface area contributed by atoms with Crippen LogP contribution in [0.3, 0.4) is 0 Å². The van der Waals surface area contributed by atoms with Gasteiger partial charge in [0.15, 0.2) is 0 Å². The summed E-state index contributed by atoms with van der Waals surface area (Å²) < 4.78 is 0. The van der Waals surface area contributed by atoms with Gasteiger partial charge in [-0.25, -0.2) is 0 Å². The van der Waals surface area contributed by atoms with Crippen molar-refractivity contribution in [2.24, 2.45) is 0 Å². The molecule has 66 heavy (non-hydrogen) atoms. The zero-order valence-electron chi connectivity index (χ0n) is 46.6. The van der Waals surface area contributed by atoms with E-state index in [9.17, 15) is 0 Å². The molecule has 1 heterocycles. The van der Waals surface area contributed by atoms with E-state index in [4.69, 9.17) is 0 Å². The summed E-state index contributed by atoms with van der Waals surface area (Å²) in [6.07, 6.45) is 61.9. The van der Waals surface area contributed by atoms with Crippen LogP contribution in [0.4, 0.5) is 0 Å². The average molecular weight is 931 g/mol. The minimum absolute atomic E-state index is 1.16. The number of hydrogen-bond donors (Lipinski definition) is 1. The molecule has 1 aliphatic rings. The number of rotatable bonds is 56. The molecule has 5 nitrogen and oxygen atoms in total. The Bertz CT molecular complexity index is 848. The largest absolute Gasteiger partial charge is 0.315 e. The van der Waals surface area contributed by atoms with Crippen LogP contribution in [-0.2, 0) is 0 Å². The maximum Gasteiger partial charge on any atom is 0.0110 e. The van der Waals surface area contributed by atoms with Crippen LogP contribution in [0.15, 0.2) is 0 Å². The molecule has 0 aromatic carbocycles. The standard InChI is InChI=1S/C61H127N5/c1-5-9-13-17-21-24-27-30-33-37-41-45-50-63(51-46-42-38-34-31-28-25-22-18-14-10-6-2)54-55-64(52-47-43-39-35-32-29-26-23-19-15-11-7-3)56-59-66-60-57-65(58-61-66)53-49-62-48-44-40-36-20-16-12-8-4/h62H,5-61H2,1-4H3. The number of piperazine rings is 1. The van der Waals surface area contributed by atoms with Gasteiger partial charge in [0.2, 0.25) is 0 Å². The molecular weight excluding hydrogens is 803 g/mol. The molecule has 1 fully saturated rings. The summed E-state index contributed by atoms with van der Waals surface area (Å²) >= 11 is 0. The Labute approximate surface area is 418 Å². The van der Waals surface area contributed by atoms with Gasteiger partial charge in [-0.1, -0.05) is 278 Å². The van der Waals surface area contributed by atoms with Crippen molar-refractivity contribution in [1.29, 1.82) is 0 Å². The van der Waals surface area contributed by atoms with Gasteiger partial charge < -0.3 is 15.1 Å². The van der Waals surface area contributed by atoms with Crippen molar-refractivity contribution in [3.8, 4) is 0 Å². The highest BCUT2D eigenvalue weighted by Gasteiger charge is 2.18. The lowest BCUT2D eigenvalue weighted by molar-refractivity contribution is 0.114. The van der Waals surface area contributed by atoms with Crippen LogP contribution in [-0.4, -0.2) is 111 Å². The molecule has 0 bridgehead atoms. The zero-order valence-corrected chi connectivity index (χ0v) is 46.6. The highest BCUT2D eigenvalue weighted by atomic mass is 15.3. The second kappa shape index (κ2) is 54.1. The van der Waals surface area contributed by atoms with E-state index >= 15 is 0 Å². The van der Waals surface area contributed by atoms with Gasteiger partial charge in [-0.15, -0.1) is 0 Å². The Morgan fingerprint density at radius 3 is 0.788 bits per heavy atom. The lowest BCUT2D eigenvalue weighted by Crippen LogP contribution is -2.50. The van der Waals surface area contributed by atoms with Crippen LogP contribution in [0, 0.1) is 0 Å². The maximum absolute atomic E-state index is 3.76. The summed E-state index contributed by atoms with van der Waals surface area (Å²) in [6, 6.07) is 0. The Balaban J connectivity index is 2.56. The molecule has 396 valence electrons. The number of unbranched alkanes of at least 4 members (excludes halogenated alkanes) is 39. The van der Waals surface area contributed by atoms with Crippen LogP contribution in [0.2, 0.25) is 0 Å². The molecule has 0 radical (unpaired) electrons. The van der Waals surface area contributed by atoms with E-state index in [0.717, 1.165) is 6.54 Å². The monoisotopic (exact) mass is 930 g/mol. The topological polar surface area (TPSA) is 25.0 Å². The Morgan fingerprint density at radius 2 is 0.485 bits per heavy atom. The van der Waals surface area contributed by atoms with Gasteiger partial charge in [0.25, 0.3) is 0 Å². The first-order valence-electron chi connectivity index (χ1n) is 31.3. The van der Waals surface area contributed by atoms with E-state index in [1.807, 2.05) is 0 Å². The smallest absolute Gasteiger partial charge is 0.0110 e. The SMILES string of the molecule is CCCCCCCCCCCCCCN(CCCCCCCCCCCCCC)CCN(CCCCCCCCCCCCCC)CCN1CCN(CCNCCCCCCCCC)CC1. The fourth-order valence-electron chi connectivity index (χ4n) is 10.6. The number of nitrogens with zero attached hydrogens (tertiary/aromatic N) is 4. The zero-order chi connectivity index (χ0) is 47.3. The molecule has 0 aliphatic carbocycles. The fourth-order valence-corrected chi connectivity index (χ4v) is 10.6. The van der Waals surface area contributed by atoms with Crippen molar-refractivity contribution in [2.75, 3.05) is 91.6 Å². The second-order valence-corrected chi connectivity index (χ2v) is 21.9. The highest BCUT2D eigenvalue weighted by Crippen LogP contribution is 2.16. The third-order valence-corrected chi connectivity index (χ3v) is 15.5. The molecule has 0 amide bonds. The van der Waals surface area contributed by atoms with Gasteiger partial charge in [0.05, 0.1) is 0 Å². The minimum Gasteiger partial charge on any atom is -0.315 e. The molecule has 1 N–H and O–H groups in total. The lowest BCUT2D eigenvalue weighted by atomic mass is 10.0. The predicted octanol–water partition coefficient (Wildman–Crippen LogP) is 17.7. The maximum atomic E-state index is 3.76. The van der Waals surface area contributed by atoms with Crippen LogP contribution >= 0.6 is 0 Å². The van der Waals surface area contributed by atoms with E-state index < -0.39 is 0 Å². The first-order valence-corrected chi connectivity index (χ1v) is 31.3. The molecule has 1 rings (SSSR count). The molecule has 1 saturated heterocycles. The van der Waals surface area contributed by atoms with Gasteiger partial charge >= 0.3 is 0 Å². The van der Waals surface area contributed by atoms with Crippen molar-refractivity contribution < 1.29 is 0 Å². The third-order valence-electron chi connectivity index (χ3n) is 15.5. The average Bonchev–Trinajstić information content (AvgIpc) is 3.33. The summed E-state index contributed by atoms with van der Waals surface area (Å²) in [7, 11) is 0. The van der Waals surface area contributed by atoms with Gasteiger partial charge in [-0.2, -0.15) is 0 Å². The summed E-state index contributed by atoms with van der Waals surface area (Å²) in [5.41, 5.74) is 0. The van der Waals surface area contributed by atoms with Crippen LogP contribution < -0.4 is 5.32 Å². The van der Waals surface area contributed by atoms with E-state index in [1.165, 1.54) is 361 Å². The Kier molecular flexibility index (Phi) is 52.3. The van der Waals surface area contributed by atoms with Gasteiger partial charge in [0, 0.05) is 65.4 Å². The first kappa shape index (κ1) is 63.8. The van der Waals surface area contributed by atoms with E-state index in [2.05, 4.69) is 52.6 Å². The lowest BCUT2D eigenvalue weighted by Gasteiger charge is -2.36. The van der Waals surface area contributed by atoms with Crippen molar-refractivity contribution in [2.45, 2.75) is 304 Å². The second-order valence-electron chi connectivity index (χ2n) is 21.9. The molecule has 0 saturated carbocycles. The normalized spacial score (nSPS) is 13.9. The van der Waals surface area contributed by atoms with Crippen LogP contribution in [0.25, 0.3) is 0 Å². The number of hydrogen-bond acceptors (Lipinski definition) is 5. The first-order chi connectivity index (χ1) is 32.7. The highest BCUT2D eigenvalue weighted by molar-refractivity contribution is 4.75. The quantitative estimate of drug-likeness (QED) is 0.0613. The van der Waals surface area contributed by atoms with Gasteiger partial charge in [-0.3, -0.25) is 9.80 Å². The molecule has 5 heteroatoms. The summed E-state index contributed by atoms with van der Waals surface area (Å²) in [5.74, 6) is 0. The minimum atomic E-state index is 1.16. The van der Waals surface area contributed by atoms with E-state index in [0.29, 0.717) is 0 Å². The molecule has 0 aromatic heterocycles. The molecule has 0 atom stereocenters. The van der Waals surface area contributed by atoms with E-state index in [1.54, 1.807) is 0 Å². The Hall–Kier alpha value is -0.200. The predicted molar refractivity (Wildman–Crippen MR) is 300 cm³/mol. The molecule has 1 aliphatic heterocycles. The number of nitrogens with one attached hydrogen (secondary N) is 1. The molecule has 0 unspecified atom stereocenters. The molecule has 0 spiro atoms. The summed E-state index contributed by atoms with van der Waals surface area (Å²) in [6.45, 7) is 27.0. The van der Waals surface area contributed by atoms with Crippen molar-refractivity contribution in [1.82, 2.24) is 24.9 Å². The van der Waals surface area contributed by atoms with Crippen molar-refractivity contribution in [3.05, 3.63) is 0 Å².